The van der Waals surface area contributed by atoms with Crippen molar-refractivity contribution in [2.24, 2.45) is 10.8 Å². The maximum absolute atomic E-state index is 12.7. The number of ether oxygens (including phenoxy) is 1. The fraction of sp³-hybridized carbons (Fsp3) is 0.700. The molecule has 0 spiro atoms. The molecule has 2 fully saturated rings. The number of hydrogen-bond donors (Lipinski definition) is 0. The third kappa shape index (κ3) is 3.23. The Balaban J connectivity index is 1.37. The van der Waals surface area contributed by atoms with E-state index in [1.807, 2.05) is 11.0 Å². The molecule has 2 atom stereocenters. The summed E-state index contributed by atoms with van der Waals surface area (Å²) in [5.74, 6) is -0.384. The number of likely N-dealkylation sites (tertiary alicyclic amines) is 1. The number of aryl methyl sites for hydroxylation is 2. The number of carbonyl (C=O) groups is 2. The molecule has 2 aliphatic carbocycles. The third-order valence-corrected chi connectivity index (χ3v) is 7.23. The maximum Gasteiger partial charge on any atom is 0.348 e. The SMILES string of the molecule is CC1(C)C[C@@H]2C[C@@](C)(CN2C(=O)COC(=O)c2cc3c(s2)CCC3)C1. The molecule has 1 amide bonds. The molecule has 2 bridgehead atoms. The minimum atomic E-state index is -0.346. The largest absolute Gasteiger partial charge is 0.451 e. The average Bonchev–Trinajstić information content (AvgIpc) is 3.14. The summed E-state index contributed by atoms with van der Waals surface area (Å²) in [6.07, 6.45) is 6.58. The number of thiophene rings is 1. The first kappa shape index (κ1) is 17.1. The minimum Gasteiger partial charge on any atom is -0.451 e. The fourth-order valence-electron chi connectivity index (χ4n) is 5.46. The second-order valence-corrected chi connectivity index (χ2v) is 10.4. The number of rotatable bonds is 3. The van der Waals surface area contributed by atoms with E-state index >= 15 is 0 Å². The smallest absolute Gasteiger partial charge is 0.348 e. The van der Waals surface area contributed by atoms with Crippen LogP contribution in [-0.2, 0) is 22.4 Å². The van der Waals surface area contributed by atoms with Crippen LogP contribution in [-0.4, -0.2) is 36.0 Å². The van der Waals surface area contributed by atoms with Crippen molar-refractivity contribution in [3.05, 3.63) is 21.4 Å². The summed E-state index contributed by atoms with van der Waals surface area (Å²) in [5.41, 5.74) is 1.77. The molecule has 1 aromatic heterocycles. The van der Waals surface area contributed by atoms with Gasteiger partial charge in [-0.2, -0.15) is 0 Å². The van der Waals surface area contributed by atoms with Crippen LogP contribution >= 0.6 is 11.3 Å². The van der Waals surface area contributed by atoms with Crippen molar-refractivity contribution in [3.8, 4) is 0 Å². The number of esters is 1. The van der Waals surface area contributed by atoms with Gasteiger partial charge in [0.05, 0.1) is 0 Å². The van der Waals surface area contributed by atoms with E-state index in [0.717, 1.165) is 38.6 Å². The first-order chi connectivity index (χ1) is 11.7. The molecule has 136 valence electrons. The lowest BCUT2D eigenvalue weighted by Crippen LogP contribution is -2.39. The lowest BCUT2D eigenvalue weighted by atomic mass is 9.65. The third-order valence-electron chi connectivity index (χ3n) is 6.01. The van der Waals surface area contributed by atoms with E-state index in [4.69, 9.17) is 4.74 Å². The van der Waals surface area contributed by atoms with E-state index < -0.39 is 0 Å². The van der Waals surface area contributed by atoms with E-state index in [-0.39, 0.29) is 29.3 Å². The van der Waals surface area contributed by atoms with Gasteiger partial charge in [0.1, 0.15) is 4.88 Å². The molecule has 3 aliphatic rings. The van der Waals surface area contributed by atoms with Crippen molar-refractivity contribution in [1.82, 2.24) is 4.90 Å². The zero-order chi connectivity index (χ0) is 17.8. The van der Waals surface area contributed by atoms with E-state index in [1.165, 1.54) is 28.2 Å². The van der Waals surface area contributed by atoms with Gasteiger partial charge in [-0.05, 0) is 61.0 Å². The van der Waals surface area contributed by atoms with Crippen LogP contribution in [0, 0.1) is 10.8 Å². The molecule has 0 radical (unpaired) electrons. The van der Waals surface area contributed by atoms with Gasteiger partial charge in [-0.15, -0.1) is 11.3 Å². The fourth-order valence-corrected chi connectivity index (χ4v) is 6.61. The van der Waals surface area contributed by atoms with Crippen molar-refractivity contribution in [2.45, 2.75) is 65.3 Å². The second-order valence-electron chi connectivity index (χ2n) is 9.22. The lowest BCUT2D eigenvalue weighted by Gasteiger charge is -2.39. The molecule has 1 saturated carbocycles. The summed E-state index contributed by atoms with van der Waals surface area (Å²) in [4.78, 5) is 28.9. The van der Waals surface area contributed by atoms with Gasteiger partial charge in [0.2, 0.25) is 0 Å². The molecule has 0 aromatic carbocycles. The molecule has 0 N–H and O–H groups in total. The molecule has 0 unspecified atom stereocenters. The standard InChI is InChI=1S/C20H27NO3S/c1-19(2)8-14-9-20(3,11-19)12-21(14)17(22)10-24-18(23)16-7-13-5-4-6-15(13)25-16/h7,14H,4-6,8-12H2,1-3H3/t14-,20-/m1/s1. The number of amides is 1. The Morgan fingerprint density at radius 2 is 2.08 bits per heavy atom. The summed E-state index contributed by atoms with van der Waals surface area (Å²) in [5, 5.41) is 0. The Hall–Kier alpha value is -1.36. The topological polar surface area (TPSA) is 46.6 Å². The van der Waals surface area contributed by atoms with Crippen LogP contribution in [0.2, 0.25) is 0 Å². The molecular formula is C20H27NO3S. The molecule has 4 nitrogen and oxygen atoms in total. The molecule has 4 rings (SSSR count). The van der Waals surface area contributed by atoms with Gasteiger partial charge in [0.15, 0.2) is 6.61 Å². The summed E-state index contributed by atoms with van der Waals surface area (Å²) < 4.78 is 5.35. The Bertz CT molecular complexity index is 701. The Morgan fingerprint density at radius 3 is 2.84 bits per heavy atom. The molecule has 1 saturated heterocycles. The highest BCUT2D eigenvalue weighted by molar-refractivity contribution is 7.14. The number of hydrogen-bond acceptors (Lipinski definition) is 4. The predicted octanol–water partition coefficient (Wildman–Crippen LogP) is 3.82. The van der Waals surface area contributed by atoms with Gasteiger partial charge >= 0.3 is 5.97 Å². The highest BCUT2D eigenvalue weighted by Gasteiger charge is 2.50. The average molecular weight is 362 g/mol. The second kappa shape index (κ2) is 5.83. The number of nitrogens with zero attached hydrogens (tertiary/aromatic N) is 1. The first-order valence-corrected chi connectivity index (χ1v) is 10.1. The van der Waals surface area contributed by atoms with Crippen molar-refractivity contribution in [2.75, 3.05) is 13.2 Å². The van der Waals surface area contributed by atoms with Crippen molar-refractivity contribution in [1.29, 1.82) is 0 Å². The van der Waals surface area contributed by atoms with Crippen molar-refractivity contribution < 1.29 is 14.3 Å². The minimum absolute atomic E-state index is 0.0381. The molecule has 1 aliphatic heterocycles. The van der Waals surface area contributed by atoms with Gasteiger partial charge in [-0.25, -0.2) is 4.79 Å². The van der Waals surface area contributed by atoms with Crippen LogP contribution in [0.5, 0.6) is 0 Å². The van der Waals surface area contributed by atoms with Crippen molar-refractivity contribution in [3.63, 3.8) is 0 Å². The summed E-state index contributed by atoms with van der Waals surface area (Å²) >= 11 is 1.53. The zero-order valence-electron chi connectivity index (χ0n) is 15.4. The highest BCUT2D eigenvalue weighted by Crippen LogP contribution is 2.52. The summed E-state index contributed by atoms with van der Waals surface area (Å²) in [7, 11) is 0. The van der Waals surface area contributed by atoms with E-state index in [0.29, 0.717) is 10.9 Å². The van der Waals surface area contributed by atoms with Gasteiger partial charge in [0, 0.05) is 17.5 Å². The van der Waals surface area contributed by atoms with Gasteiger partial charge in [-0.3, -0.25) is 4.79 Å². The van der Waals surface area contributed by atoms with Crippen LogP contribution < -0.4 is 0 Å². The van der Waals surface area contributed by atoms with Crippen LogP contribution in [0.15, 0.2) is 6.07 Å². The van der Waals surface area contributed by atoms with Gasteiger partial charge in [-0.1, -0.05) is 20.8 Å². The van der Waals surface area contributed by atoms with Crippen LogP contribution in [0.1, 0.15) is 66.6 Å². The predicted molar refractivity (Wildman–Crippen MR) is 97.9 cm³/mol. The van der Waals surface area contributed by atoms with E-state index in [1.54, 1.807) is 0 Å². The zero-order valence-corrected chi connectivity index (χ0v) is 16.2. The number of fused-ring (bicyclic) bond motifs is 3. The lowest BCUT2D eigenvalue weighted by molar-refractivity contribution is -0.135. The van der Waals surface area contributed by atoms with Gasteiger partial charge in [0.25, 0.3) is 5.91 Å². The van der Waals surface area contributed by atoms with E-state index in [2.05, 4.69) is 20.8 Å². The van der Waals surface area contributed by atoms with Crippen LogP contribution in [0.4, 0.5) is 0 Å². The summed E-state index contributed by atoms with van der Waals surface area (Å²) in [6.45, 7) is 7.54. The molecule has 1 aromatic rings. The molecule has 5 heteroatoms. The first-order valence-electron chi connectivity index (χ1n) is 9.33. The van der Waals surface area contributed by atoms with Crippen molar-refractivity contribution >= 4 is 23.2 Å². The Kier molecular flexibility index (Phi) is 3.98. The molecule has 2 heterocycles. The Morgan fingerprint density at radius 1 is 1.28 bits per heavy atom. The highest BCUT2D eigenvalue weighted by atomic mass is 32.1. The van der Waals surface area contributed by atoms with E-state index in [9.17, 15) is 9.59 Å². The van der Waals surface area contributed by atoms with Gasteiger partial charge < -0.3 is 9.64 Å². The molecular weight excluding hydrogens is 334 g/mol. The van der Waals surface area contributed by atoms with Crippen LogP contribution in [0.25, 0.3) is 0 Å². The quantitative estimate of drug-likeness (QED) is 0.769. The maximum atomic E-state index is 12.7. The molecule has 25 heavy (non-hydrogen) atoms. The number of carbonyl (C=O) groups excluding carboxylic acids is 2. The Labute approximate surface area is 153 Å². The normalized spacial score (nSPS) is 29.6. The summed E-state index contributed by atoms with van der Waals surface area (Å²) in [6, 6.07) is 2.25. The van der Waals surface area contributed by atoms with Crippen LogP contribution in [0.3, 0.4) is 0 Å². The monoisotopic (exact) mass is 361 g/mol.